The minimum atomic E-state index is -0.513. The minimum absolute atomic E-state index is 0.363. The quantitative estimate of drug-likeness (QED) is 0.461. The van der Waals surface area contributed by atoms with Crippen molar-refractivity contribution in [3.63, 3.8) is 0 Å². The third-order valence-corrected chi connectivity index (χ3v) is 1.13. The maximum absolute atomic E-state index is 10.6. The second-order valence-electron chi connectivity index (χ2n) is 1.93. The zero-order valence-electron chi connectivity index (χ0n) is 6.33. The van der Waals surface area contributed by atoms with Crippen molar-refractivity contribution in [2.75, 3.05) is 7.11 Å². The van der Waals surface area contributed by atoms with E-state index in [0.717, 1.165) is 0 Å². The zero-order chi connectivity index (χ0) is 7.98. The van der Waals surface area contributed by atoms with Crippen molar-refractivity contribution in [1.82, 2.24) is 0 Å². The van der Waals surface area contributed by atoms with Crippen LogP contribution in [0.4, 0.5) is 0 Å². The zero-order valence-corrected chi connectivity index (χ0v) is 6.33. The largest absolute Gasteiger partial charge is 0.468 e. The smallest absolute Gasteiger partial charge is 0.322 e. The number of methoxy groups -OCH3 is 1. The maximum Gasteiger partial charge on any atom is 0.322 e. The first kappa shape index (κ1) is 9.17. The summed E-state index contributed by atoms with van der Waals surface area (Å²) in [5, 5.41) is 0. The van der Waals surface area contributed by atoms with Crippen LogP contribution >= 0.6 is 0 Å². The molecule has 0 saturated heterocycles. The summed E-state index contributed by atoms with van der Waals surface area (Å²) in [5.41, 5.74) is 5.39. The second-order valence-corrected chi connectivity index (χ2v) is 1.93. The Labute approximate surface area is 60.9 Å². The Kier molecular flexibility index (Phi) is 4.58. The number of carbonyl (C=O) groups excluding carboxylic acids is 1. The van der Waals surface area contributed by atoms with Gasteiger partial charge in [-0.15, -0.1) is 0 Å². The summed E-state index contributed by atoms with van der Waals surface area (Å²) in [4.78, 5) is 10.6. The van der Waals surface area contributed by atoms with Gasteiger partial charge in [0.1, 0.15) is 6.04 Å². The van der Waals surface area contributed by atoms with E-state index in [1.54, 1.807) is 0 Å². The van der Waals surface area contributed by atoms with Crippen LogP contribution in [0.5, 0.6) is 0 Å². The lowest BCUT2D eigenvalue weighted by Crippen LogP contribution is -2.30. The molecule has 0 aromatic rings. The number of allylic oxidation sites excluding steroid dienone is 1. The molecule has 1 atom stereocenters. The fourth-order valence-electron chi connectivity index (χ4n) is 0.530. The van der Waals surface area contributed by atoms with Gasteiger partial charge in [0.05, 0.1) is 7.11 Å². The van der Waals surface area contributed by atoms with Gasteiger partial charge >= 0.3 is 5.97 Å². The second kappa shape index (κ2) is 4.99. The lowest BCUT2D eigenvalue weighted by atomic mass is 10.2. The van der Waals surface area contributed by atoms with Gasteiger partial charge in [0, 0.05) is 0 Å². The van der Waals surface area contributed by atoms with E-state index in [2.05, 4.69) is 4.74 Å². The lowest BCUT2D eigenvalue weighted by Gasteiger charge is -2.04. The standard InChI is InChI=1S/C7H13NO2/c1-3-4-5-6(8)7(9)10-2/h3-4,6H,5,8H2,1-2H3/b4-3+/t6-/m0/s1. The van der Waals surface area contributed by atoms with Crippen molar-refractivity contribution in [2.24, 2.45) is 5.73 Å². The molecule has 0 fully saturated rings. The first-order valence-corrected chi connectivity index (χ1v) is 3.17. The van der Waals surface area contributed by atoms with Gasteiger partial charge in [0.15, 0.2) is 0 Å². The van der Waals surface area contributed by atoms with Crippen LogP contribution in [0.2, 0.25) is 0 Å². The fourth-order valence-corrected chi connectivity index (χ4v) is 0.530. The van der Waals surface area contributed by atoms with Gasteiger partial charge < -0.3 is 10.5 Å². The number of rotatable bonds is 3. The van der Waals surface area contributed by atoms with Crippen molar-refractivity contribution in [1.29, 1.82) is 0 Å². The van der Waals surface area contributed by atoms with Crippen LogP contribution < -0.4 is 5.73 Å². The molecule has 0 amide bonds. The molecule has 0 spiro atoms. The van der Waals surface area contributed by atoms with Crippen LogP contribution in [-0.4, -0.2) is 19.1 Å². The highest BCUT2D eigenvalue weighted by molar-refractivity contribution is 5.75. The molecular formula is C7H13NO2. The monoisotopic (exact) mass is 143 g/mol. The van der Waals surface area contributed by atoms with Crippen molar-refractivity contribution in [3.05, 3.63) is 12.2 Å². The number of carbonyl (C=O) groups is 1. The van der Waals surface area contributed by atoms with Gasteiger partial charge in [-0.05, 0) is 13.3 Å². The highest BCUT2D eigenvalue weighted by Gasteiger charge is 2.10. The molecule has 0 aliphatic heterocycles. The molecule has 0 aliphatic rings. The number of hydrogen-bond donors (Lipinski definition) is 1. The van der Waals surface area contributed by atoms with Crippen LogP contribution in [0, 0.1) is 0 Å². The number of nitrogens with two attached hydrogens (primary N) is 1. The van der Waals surface area contributed by atoms with E-state index in [9.17, 15) is 4.79 Å². The molecule has 58 valence electrons. The van der Waals surface area contributed by atoms with Gasteiger partial charge in [-0.25, -0.2) is 0 Å². The van der Waals surface area contributed by atoms with Crippen LogP contribution in [0.15, 0.2) is 12.2 Å². The summed E-state index contributed by atoms with van der Waals surface area (Å²) in [6.45, 7) is 1.88. The van der Waals surface area contributed by atoms with Gasteiger partial charge in [-0.3, -0.25) is 4.79 Å². The maximum atomic E-state index is 10.6. The van der Waals surface area contributed by atoms with Crippen molar-refractivity contribution in [2.45, 2.75) is 19.4 Å². The third kappa shape index (κ3) is 3.25. The summed E-state index contributed by atoms with van der Waals surface area (Å²) in [6.07, 6.45) is 4.23. The van der Waals surface area contributed by atoms with Gasteiger partial charge in [0.2, 0.25) is 0 Å². The molecule has 0 saturated carbocycles. The Bertz CT molecular complexity index is 132. The topological polar surface area (TPSA) is 52.3 Å². The molecule has 0 aromatic heterocycles. The Hall–Kier alpha value is -0.830. The number of esters is 1. The summed E-state index contributed by atoms with van der Waals surface area (Å²) in [7, 11) is 1.33. The fraction of sp³-hybridized carbons (Fsp3) is 0.571. The molecule has 0 radical (unpaired) electrons. The average molecular weight is 143 g/mol. The van der Waals surface area contributed by atoms with Gasteiger partial charge in [-0.1, -0.05) is 12.2 Å². The molecule has 0 heterocycles. The van der Waals surface area contributed by atoms with Crippen molar-refractivity contribution >= 4 is 5.97 Å². The summed E-state index contributed by atoms with van der Waals surface area (Å²) in [5.74, 6) is -0.363. The van der Waals surface area contributed by atoms with E-state index in [1.807, 2.05) is 19.1 Å². The van der Waals surface area contributed by atoms with E-state index in [4.69, 9.17) is 5.73 Å². The molecule has 0 rings (SSSR count). The van der Waals surface area contributed by atoms with E-state index in [1.165, 1.54) is 7.11 Å². The molecule has 0 bridgehead atoms. The Morgan fingerprint density at radius 2 is 2.40 bits per heavy atom. The highest BCUT2D eigenvalue weighted by atomic mass is 16.5. The molecule has 0 aromatic carbocycles. The first-order valence-electron chi connectivity index (χ1n) is 3.17. The third-order valence-electron chi connectivity index (χ3n) is 1.13. The molecule has 0 aliphatic carbocycles. The normalized spacial score (nSPS) is 13.5. The summed E-state index contributed by atoms with van der Waals surface area (Å²) < 4.78 is 4.41. The van der Waals surface area contributed by atoms with Gasteiger partial charge in [-0.2, -0.15) is 0 Å². The van der Waals surface area contributed by atoms with E-state index in [-0.39, 0.29) is 5.97 Å². The first-order chi connectivity index (χ1) is 4.72. The Morgan fingerprint density at radius 3 is 2.80 bits per heavy atom. The van der Waals surface area contributed by atoms with E-state index in [0.29, 0.717) is 6.42 Å². The summed E-state index contributed by atoms with van der Waals surface area (Å²) >= 11 is 0. The number of hydrogen-bond acceptors (Lipinski definition) is 3. The molecule has 0 unspecified atom stereocenters. The average Bonchev–Trinajstić information content (AvgIpc) is 1.98. The van der Waals surface area contributed by atoms with E-state index >= 15 is 0 Å². The van der Waals surface area contributed by atoms with Crippen molar-refractivity contribution in [3.8, 4) is 0 Å². The van der Waals surface area contributed by atoms with Crippen LogP contribution in [0.25, 0.3) is 0 Å². The van der Waals surface area contributed by atoms with Gasteiger partial charge in [0.25, 0.3) is 0 Å². The number of ether oxygens (including phenoxy) is 1. The van der Waals surface area contributed by atoms with Crippen LogP contribution in [0.1, 0.15) is 13.3 Å². The lowest BCUT2D eigenvalue weighted by molar-refractivity contribution is -0.142. The molecule has 2 N–H and O–H groups in total. The summed E-state index contributed by atoms with van der Waals surface area (Å²) in [6, 6.07) is -0.513. The predicted molar refractivity (Wildman–Crippen MR) is 39.4 cm³/mol. The molecule has 3 heteroatoms. The minimum Gasteiger partial charge on any atom is -0.468 e. The highest BCUT2D eigenvalue weighted by Crippen LogP contribution is 1.91. The Balaban J connectivity index is 3.61. The van der Waals surface area contributed by atoms with Crippen LogP contribution in [0.3, 0.4) is 0 Å². The van der Waals surface area contributed by atoms with E-state index < -0.39 is 6.04 Å². The van der Waals surface area contributed by atoms with Crippen LogP contribution in [-0.2, 0) is 9.53 Å². The Morgan fingerprint density at radius 1 is 1.80 bits per heavy atom. The SMILES string of the molecule is C/C=C/C[C@H](N)C(=O)OC. The molecular weight excluding hydrogens is 130 g/mol. The molecule has 10 heavy (non-hydrogen) atoms. The predicted octanol–water partition coefficient (Wildman–Crippen LogP) is 0.453. The van der Waals surface area contributed by atoms with Crippen molar-refractivity contribution < 1.29 is 9.53 Å². The molecule has 3 nitrogen and oxygen atoms in total.